The molecule has 0 aliphatic carbocycles. The molecule has 0 amide bonds. The lowest BCUT2D eigenvalue weighted by molar-refractivity contribution is 0.588. The molecule has 2 aromatic heterocycles. The van der Waals surface area contributed by atoms with Crippen LogP contribution in [0.2, 0.25) is 0 Å². The van der Waals surface area contributed by atoms with Gasteiger partial charge in [-0.3, -0.25) is 4.57 Å². The number of anilines is 6. The molecule has 1 aliphatic rings. The molecule has 0 saturated carbocycles. The van der Waals surface area contributed by atoms with Gasteiger partial charge in [0, 0.05) is 50.8 Å². The molecular weight excluding hydrogens is 562 g/mol. The van der Waals surface area contributed by atoms with E-state index < -0.39 is 6.98 Å². The molecule has 1 aliphatic heterocycles. The standard InChI is InChI=1S/C41H37N5/c1-41(2,3)29-23-24-42-40(25-29)46-36-18-9-8-17-34(36)35-22-21-33(27-39(35)46)45(30-13-6-5-7-14-30)32-16-12-15-31(26-32)44-28-43(4)37-19-10-11-20-38(37)44/h5-27H,28H2,1-4H3/i4D3. The Balaban J connectivity index is 1.30. The average Bonchev–Trinajstić information content (AvgIpc) is 3.65. The van der Waals surface area contributed by atoms with E-state index in [1.807, 2.05) is 48.7 Å². The van der Waals surface area contributed by atoms with Crippen LogP contribution in [-0.4, -0.2) is 23.2 Å². The summed E-state index contributed by atoms with van der Waals surface area (Å²) in [5.74, 6) is 0.885. The first-order valence-electron chi connectivity index (χ1n) is 17.2. The second kappa shape index (κ2) is 10.8. The van der Waals surface area contributed by atoms with Crippen molar-refractivity contribution in [3.05, 3.63) is 145 Å². The van der Waals surface area contributed by atoms with Crippen molar-refractivity contribution in [3.63, 3.8) is 0 Å². The van der Waals surface area contributed by atoms with Crippen molar-refractivity contribution >= 4 is 55.9 Å². The first-order valence-corrected chi connectivity index (χ1v) is 15.7. The van der Waals surface area contributed by atoms with Crippen LogP contribution in [0, 0.1) is 0 Å². The molecule has 5 aromatic carbocycles. The number of rotatable bonds is 5. The first-order chi connectivity index (χ1) is 23.6. The third-order valence-corrected chi connectivity index (χ3v) is 8.92. The van der Waals surface area contributed by atoms with Crippen LogP contribution in [0.5, 0.6) is 0 Å². The van der Waals surface area contributed by atoms with Crippen molar-refractivity contribution in [2.24, 2.45) is 0 Å². The van der Waals surface area contributed by atoms with E-state index in [1.54, 1.807) is 0 Å². The lowest BCUT2D eigenvalue weighted by Gasteiger charge is -2.28. The largest absolute Gasteiger partial charge is 0.355 e. The molecule has 0 spiro atoms. The molecular formula is C41H37N5. The second-order valence-electron chi connectivity index (χ2n) is 12.9. The average molecular weight is 603 g/mol. The van der Waals surface area contributed by atoms with Gasteiger partial charge in [-0.15, -0.1) is 0 Å². The maximum Gasteiger partial charge on any atom is 0.137 e. The highest BCUT2D eigenvalue weighted by Gasteiger charge is 2.25. The summed E-state index contributed by atoms with van der Waals surface area (Å²) >= 11 is 0. The maximum atomic E-state index is 8.19. The molecule has 7 aromatic rings. The van der Waals surface area contributed by atoms with Gasteiger partial charge >= 0.3 is 0 Å². The minimum Gasteiger partial charge on any atom is -0.355 e. The Hall–Kier alpha value is -5.55. The Kier molecular flexibility index (Phi) is 5.81. The van der Waals surface area contributed by atoms with E-state index in [0.29, 0.717) is 5.69 Å². The summed E-state index contributed by atoms with van der Waals surface area (Å²) in [6.45, 7) is 4.65. The van der Waals surface area contributed by atoms with Gasteiger partial charge in [0.1, 0.15) is 5.82 Å². The van der Waals surface area contributed by atoms with E-state index in [9.17, 15) is 0 Å². The number of pyridine rings is 1. The van der Waals surface area contributed by atoms with Gasteiger partial charge in [0.05, 0.1) is 29.1 Å². The first kappa shape index (κ1) is 24.7. The zero-order valence-corrected chi connectivity index (χ0v) is 26.2. The van der Waals surface area contributed by atoms with E-state index in [-0.39, 0.29) is 12.1 Å². The van der Waals surface area contributed by atoms with Gasteiger partial charge in [-0.25, -0.2) is 4.98 Å². The Bertz CT molecular complexity index is 2320. The van der Waals surface area contributed by atoms with Crippen LogP contribution in [0.15, 0.2) is 140 Å². The van der Waals surface area contributed by atoms with Crippen molar-refractivity contribution in [1.29, 1.82) is 0 Å². The fourth-order valence-electron chi connectivity index (χ4n) is 6.61. The van der Waals surface area contributed by atoms with Crippen LogP contribution < -0.4 is 14.7 Å². The van der Waals surface area contributed by atoms with Gasteiger partial charge < -0.3 is 14.7 Å². The topological polar surface area (TPSA) is 27.5 Å². The molecule has 226 valence electrons. The second-order valence-corrected chi connectivity index (χ2v) is 12.9. The number of aromatic nitrogens is 2. The molecule has 8 rings (SSSR count). The monoisotopic (exact) mass is 602 g/mol. The maximum absolute atomic E-state index is 8.19. The molecule has 0 unspecified atom stereocenters. The highest BCUT2D eigenvalue weighted by Crippen LogP contribution is 2.43. The lowest BCUT2D eigenvalue weighted by atomic mass is 9.88. The number of para-hydroxylation sites is 4. The number of hydrogen-bond donors (Lipinski definition) is 0. The van der Waals surface area contributed by atoms with Crippen LogP contribution in [-0.2, 0) is 5.41 Å². The predicted octanol–water partition coefficient (Wildman–Crippen LogP) is 10.5. The summed E-state index contributed by atoms with van der Waals surface area (Å²) in [6.07, 6.45) is 1.91. The van der Waals surface area contributed by atoms with E-state index in [4.69, 9.17) is 9.10 Å². The molecule has 0 radical (unpaired) electrons. The molecule has 5 heteroatoms. The molecule has 0 atom stereocenters. The molecule has 0 saturated heterocycles. The Morgan fingerprint density at radius 2 is 1.37 bits per heavy atom. The smallest absolute Gasteiger partial charge is 0.137 e. The number of fused-ring (bicyclic) bond motifs is 4. The van der Waals surface area contributed by atoms with Crippen molar-refractivity contribution in [3.8, 4) is 5.82 Å². The highest BCUT2D eigenvalue weighted by atomic mass is 15.4. The Morgan fingerprint density at radius 3 is 2.20 bits per heavy atom. The molecule has 5 nitrogen and oxygen atoms in total. The Labute approximate surface area is 274 Å². The van der Waals surface area contributed by atoms with Gasteiger partial charge in [0.15, 0.2) is 0 Å². The van der Waals surface area contributed by atoms with E-state index in [0.717, 1.165) is 50.7 Å². The van der Waals surface area contributed by atoms with Crippen molar-refractivity contribution < 1.29 is 4.11 Å². The van der Waals surface area contributed by atoms with Gasteiger partial charge in [-0.1, -0.05) is 81.4 Å². The fourth-order valence-corrected chi connectivity index (χ4v) is 6.61. The number of hydrogen-bond acceptors (Lipinski definition) is 4. The van der Waals surface area contributed by atoms with Crippen molar-refractivity contribution in [1.82, 2.24) is 9.55 Å². The summed E-state index contributed by atoms with van der Waals surface area (Å²) in [5, 5.41) is 2.33. The third-order valence-electron chi connectivity index (χ3n) is 8.92. The zero-order chi connectivity index (χ0) is 33.9. The van der Waals surface area contributed by atoms with Crippen LogP contribution in [0.25, 0.3) is 27.6 Å². The van der Waals surface area contributed by atoms with Crippen molar-refractivity contribution in [2.45, 2.75) is 26.2 Å². The summed E-state index contributed by atoms with van der Waals surface area (Å²) < 4.78 is 26.9. The molecule has 0 N–H and O–H groups in total. The Morgan fingerprint density at radius 1 is 0.652 bits per heavy atom. The lowest BCUT2D eigenvalue weighted by Crippen LogP contribution is -2.24. The minimum atomic E-state index is -2.26. The van der Waals surface area contributed by atoms with Gasteiger partial charge in [0.25, 0.3) is 0 Å². The van der Waals surface area contributed by atoms with Gasteiger partial charge in [-0.2, -0.15) is 0 Å². The SMILES string of the molecule is [2H]C([2H])([2H])N1CN(c2cccc(N(c3ccccc3)c3ccc4c5ccccc5n(-c5cc(C(C)(C)C)ccn5)c4c3)c2)c2ccccc21. The molecule has 46 heavy (non-hydrogen) atoms. The number of benzene rings is 5. The van der Waals surface area contributed by atoms with Gasteiger partial charge in [-0.05, 0) is 83.8 Å². The summed E-state index contributed by atoms with van der Waals surface area (Å²) in [4.78, 5) is 10.7. The number of nitrogens with zero attached hydrogens (tertiary/aromatic N) is 5. The summed E-state index contributed by atoms with van der Waals surface area (Å²) in [6, 6.07) is 45.8. The fraction of sp³-hybridized carbons (Fsp3) is 0.146. The van der Waals surface area contributed by atoms with E-state index in [2.05, 4.69) is 126 Å². The molecule has 3 heterocycles. The van der Waals surface area contributed by atoms with Crippen LogP contribution >= 0.6 is 0 Å². The summed E-state index contributed by atoms with van der Waals surface area (Å²) in [7, 11) is 0. The van der Waals surface area contributed by atoms with E-state index in [1.165, 1.54) is 15.8 Å². The van der Waals surface area contributed by atoms with Crippen LogP contribution in [0.3, 0.4) is 0 Å². The van der Waals surface area contributed by atoms with Crippen LogP contribution in [0.4, 0.5) is 34.1 Å². The normalized spacial score (nSPS) is 14.3. The molecule has 0 bridgehead atoms. The van der Waals surface area contributed by atoms with Crippen LogP contribution in [0.1, 0.15) is 30.4 Å². The quantitative estimate of drug-likeness (QED) is 0.196. The predicted molar refractivity (Wildman–Crippen MR) is 194 cm³/mol. The van der Waals surface area contributed by atoms with E-state index >= 15 is 0 Å². The zero-order valence-electron chi connectivity index (χ0n) is 29.2. The minimum absolute atomic E-state index is 0.0207. The summed E-state index contributed by atoms with van der Waals surface area (Å²) in [5.41, 5.74) is 8.84. The van der Waals surface area contributed by atoms with Gasteiger partial charge in [0.2, 0.25) is 0 Å². The third kappa shape index (κ3) is 4.67. The highest BCUT2D eigenvalue weighted by molar-refractivity contribution is 6.10. The van der Waals surface area contributed by atoms with Crippen molar-refractivity contribution in [2.75, 3.05) is 28.3 Å². The molecule has 0 fully saturated rings.